The van der Waals surface area contributed by atoms with Crippen molar-refractivity contribution in [3.63, 3.8) is 0 Å². The Morgan fingerprint density at radius 1 is 1.03 bits per heavy atom. The van der Waals surface area contributed by atoms with Gasteiger partial charge in [0.2, 0.25) is 0 Å². The standard InChI is InChI=1S/C26H22F3N5O/c1-25(2,15-30)17-7-9-18(10-8-17)32-24-19-11-6-16(13-21(19)33-22(34-24)14-35-3)23-20(26(27,28)29)5-4-12-31-23/h4-13H,14H2,1-3H3,(H,32,33,34). The predicted molar refractivity (Wildman–Crippen MR) is 127 cm³/mol. The van der Waals surface area contributed by atoms with Crippen LogP contribution in [0.25, 0.3) is 22.2 Å². The van der Waals surface area contributed by atoms with E-state index >= 15 is 0 Å². The number of aromatic nitrogens is 3. The number of anilines is 2. The number of halogens is 3. The first kappa shape index (κ1) is 24.1. The molecule has 2 heterocycles. The number of nitrogens with zero attached hydrogens (tertiary/aromatic N) is 4. The number of benzene rings is 2. The first-order valence-electron chi connectivity index (χ1n) is 10.7. The van der Waals surface area contributed by atoms with Gasteiger partial charge in [-0.15, -0.1) is 0 Å². The van der Waals surface area contributed by atoms with E-state index in [1.54, 1.807) is 18.2 Å². The highest BCUT2D eigenvalue weighted by Gasteiger charge is 2.34. The average Bonchev–Trinajstić information content (AvgIpc) is 2.84. The molecule has 35 heavy (non-hydrogen) atoms. The number of rotatable bonds is 6. The smallest absolute Gasteiger partial charge is 0.377 e. The lowest BCUT2D eigenvalue weighted by Crippen LogP contribution is -2.13. The zero-order valence-electron chi connectivity index (χ0n) is 19.3. The number of hydrogen-bond donors (Lipinski definition) is 1. The molecule has 4 aromatic rings. The SMILES string of the molecule is COCc1nc(Nc2ccc(C(C)(C)C#N)cc2)c2ccc(-c3ncccc3C(F)(F)F)cc2n1. The third-order valence-corrected chi connectivity index (χ3v) is 5.55. The van der Waals surface area contributed by atoms with E-state index in [0.29, 0.717) is 28.1 Å². The summed E-state index contributed by atoms with van der Waals surface area (Å²) >= 11 is 0. The Balaban J connectivity index is 1.78. The molecular formula is C26H22F3N5O. The van der Waals surface area contributed by atoms with E-state index in [9.17, 15) is 18.4 Å². The van der Waals surface area contributed by atoms with E-state index in [2.05, 4.69) is 26.3 Å². The highest BCUT2D eigenvalue weighted by molar-refractivity contribution is 5.93. The molecule has 178 valence electrons. The van der Waals surface area contributed by atoms with Gasteiger partial charge in [0.25, 0.3) is 0 Å². The summed E-state index contributed by atoms with van der Waals surface area (Å²) in [5.41, 5.74) is 0.749. The number of nitrogens with one attached hydrogen (secondary N) is 1. The van der Waals surface area contributed by atoms with Crippen LogP contribution in [0.1, 0.15) is 30.8 Å². The lowest BCUT2D eigenvalue weighted by molar-refractivity contribution is -0.137. The minimum Gasteiger partial charge on any atom is -0.377 e. The van der Waals surface area contributed by atoms with Gasteiger partial charge < -0.3 is 10.1 Å². The summed E-state index contributed by atoms with van der Waals surface area (Å²) in [7, 11) is 1.51. The molecule has 0 amide bonds. The van der Waals surface area contributed by atoms with Crippen molar-refractivity contribution < 1.29 is 17.9 Å². The van der Waals surface area contributed by atoms with E-state index in [1.165, 1.54) is 19.4 Å². The fourth-order valence-corrected chi connectivity index (χ4v) is 3.65. The van der Waals surface area contributed by atoms with Crippen LogP contribution in [0.3, 0.4) is 0 Å². The van der Waals surface area contributed by atoms with Gasteiger partial charge in [-0.05, 0) is 55.8 Å². The number of hydrogen-bond acceptors (Lipinski definition) is 6. The van der Waals surface area contributed by atoms with Crippen LogP contribution in [0.4, 0.5) is 24.7 Å². The van der Waals surface area contributed by atoms with Crippen LogP contribution in [-0.4, -0.2) is 22.1 Å². The molecule has 4 rings (SSSR count). The molecular weight excluding hydrogens is 455 g/mol. The molecule has 0 spiro atoms. The van der Waals surface area contributed by atoms with Gasteiger partial charge in [0.05, 0.1) is 28.3 Å². The summed E-state index contributed by atoms with van der Waals surface area (Å²) in [6, 6.07) is 16.8. The van der Waals surface area contributed by atoms with Crippen LogP contribution in [0, 0.1) is 11.3 Å². The third kappa shape index (κ3) is 5.08. The van der Waals surface area contributed by atoms with Gasteiger partial charge in [-0.25, -0.2) is 9.97 Å². The first-order chi connectivity index (χ1) is 16.6. The summed E-state index contributed by atoms with van der Waals surface area (Å²) in [5.74, 6) is 0.858. The number of alkyl halides is 3. The molecule has 0 aliphatic carbocycles. The van der Waals surface area contributed by atoms with Crippen molar-refractivity contribution in [2.24, 2.45) is 0 Å². The largest absolute Gasteiger partial charge is 0.418 e. The van der Waals surface area contributed by atoms with Crippen molar-refractivity contribution in [1.29, 1.82) is 5.26 Å². The lowest BCUT2D eigenvalue weighted by atomic mass is 9.86. The topological polar surface area (TPSA) is 83.7 Å². The molecule has 2 aromatic carbocycles. The maximum Gasteiger partial charge on any atom is 0.418 e. The van der Waals surface area contributed by atoms with Crippen molar-refractivity contribution in [3.8, 4) is 17.3 Å². The summed E-state index contributed by atoms with van der Waals surface area (Å²) in [5, 5.41) is 13.2. The second kappa shape index (κ2) is 9.31. The number of pyridine rings is 1. The minimum absolute atomic E-state index is 0.127. The van der Waals surface area contributed by atoms with Crippen LogP contribution in [0.5, 0.6) is 0 Å². The molecule has 1 N–H and O–H groups in total. The Morgan fingerprint density at radius 3 is 2.43 bits per heavy atom. The zero-order valence-corrected chi connectivity index (χ0v) is 19.3. The molecule has 0 fully saturated rings. The summed E-state index contributed by atoms with van der Waals surface area (Å²) in [4.78, 5) is 13.0. The Hall–Kier alpha value is -4.03. The predicted octanol–water partition coefficient (Wildman–Crippen LogP) is 6.40. The zero-order chi connectivity index (χ0) is 25.2. The molecule has 6 nitrogen and oxygen atoms in total. The van der Waals surface area contributed by atoms with Gasteiger partial charge in [0.1, 0.15) is 12.4 Å². The second-order valence-corrected chi connectivity index (χ2v) is 8.49. The van der Waals surface area contributed by atoms with E-state index in [4.69, 9.17) is 4.74 Å². The molecule has 0 saturated carbocycles. The number of methoxy groups -OCH3 is 1. The van der Waals surface area contributed by atoms with Crippen LogP contribution in [0.15, 0.2) is 60.8 Å². The van der Waals surface area contributed by atoms with Crippen molar-refractivity contribution >= 4 is 22.4 Å². The summed E-state index contributed by atoms with van der Waals surface area (Å²) in [6.45, 7) is 3.81. The Bertz CT molecular complexity index is 1410. The highest BCUT2D eigenvalue weighted by Crippen LogP contribution is 2.37. The number of ether oxygens (including phenoxy) is 1. The molecule has 0 aliphatic rings. The van der Waals surface area contributed by atoms with Gasteiger partial charge in [-0.3, -0.25) is 4.98 Å². The lowest BCUT2D eigenvalue weighted by Gasteiger charge is -2.17. The molecule has 2 aromatic heterocycles. The fourth-order valence-electron chi connectivity index (χ4n) is 3.65. The van der Waals surface area contributed by atoms with E-state index in [0.717, 1.165) is 17.3 Å². The quantitative estimate of drug-likeness (QED) is 0.346. The van der Waals surface area contributed by atoms with Crippen molar-refractivity contribution in [3.05, 3.63) is 77.7 Å². The second-order valence-electron chi connectivity index (χ2n) is 8.49. The monoisotopic (exact) mass is 477 g/mol. The molecule has 0 bridgehead atoms. The highest BCUT2D eigenvalue weighted by atomic mass is 19.4. The molecule has 0 unspecified atom stereocenters. The fraction of sp³-hybridized carbons (Fsp3) is 0.231. The van der Waals surface area contributed by atoms with Crippen molar-refractivity contribution in [2.45, 2.75) is 32.0 Å². The summed E-state index contributed by atoms with van der Waals surface area (Å²) in [6.07, 6.45) is -3.21. The summed E-state index contributed by atoms with van der Waals surface area (Å²) < 4.78 is 45.8. The van der Waals surface area contributed by atoms with E-state index in [-0.39, 0.29) is 12.3 Å². The van der Waals surface area contributed by atoms with Gasteiger partial charge in [0, 0.05) is 29.9 Å². The Labute approximate surface area is 200 Å². The molecule has 0 atom stereocenters. The van der Waals surface area contributed by atoms with E-state index in [1.807, 2.05) is 38.1 Å². The van der Waals surface area contributed by atoms with E-state index < -0.39 is 17.2 Å². The maximum absolute atomic E-state index is 13.5. The minimum atomic E-state index is -4.54. The Morgan fingerprint density at radius 2 is 1.77 bits per heavy atom. The maximum atomic E-state index is 13.5. The van der Waals surface area contributed by atoms with Gasteiger partial charge in [-0.1, -0.05) is 18.2 Å². The molecule has 0 saturated heterocycles. The van der Waals surface area contributed by atoms with Crippen LogP contribution in [0.2, 0.25) is 0 Å². The average molecular weight is 477 g/mol. The van der Waals surface area contributed by atoms with Crippen molar-refractivity contribution in [1.82, 2.24) is 15.0 Å². The first-order valence-corrected chi connectivity index (χ1v) is 10.7. The number of nitriles is 1. The van der Waals surface area contributed by atoms with Gasteiger partial charge in [-0.2, -0.15) is 18.4 Å². The molecule has 0 radical (unpaired) electrons. The van der Waals surface area contributed by atoms with Gasteiger partial charge >= 0.3 is 6.18 Å². The van der Waals surface area contributed by atoms with Crippen LogP contribution < -0.4 is 5.32 Å². The van der Waals surface area contributed by atoms with Crippen molar-refractivity contribution in [2.75, 3.05) is 12.4 Å². The molecule has 9 heteroatoms. The van der Waals surface area contributed by atoms with Gasteiger partial charge in [0.15, 0.2) is 5.82 Å². The van der Waals surface area contributed by atoms with Crippen LogP contribution in [-0.2, 0) is 22.9 Å². The van der Waals surface area contributed by atoms with Crippen LogP contribution >= 0.6 is 0 Å². The normalized spacial score (nSPS) is 11.9. The molecule has 0 aliphatic heterocycles. The number of fused-ring (bicyclic) bond motifs is 1. The Kier molecular flexibility index (Phi) is 6.41. The third-order valence-electron chi connectivity index (χ3n) is 5.55.